The second-order valence-electron chi connectivity index (χ2n) is 13.7. The Balaban J connectivity index is 1.36. The van der Waals surface area contributed by atoms with E-state index in [1.807, 2.05) is 4.90 Å². The molecule has 20 heteroatoms. The number of benzene rings is 2. The van der Waals surface area contributed by atoms with Crippen LogP contribution in [0.2, 0.25) is 0 Å². The minimum absolute atomic E-state index is 0.0352. The lowest BCUT2D eigenvalue weighted by Gasteiger charge is -2.29. The van der Waals surface area contributed by atoms with Crippen LogP contribution < -0.4 is 16.0 Å². The number of thiazole rings is 1. The van der Waals surface area contributed by atoms with E-state index in [0.717, 1.165) is 24.3 Å². The number of hydrogen-bond donors (Lipinski definition) is 2. The number of nitrogens with one attached hydrogen (secondary N) is 1. The van der Waals surface area contributed by atoms with Gasteiger partial charge in [0.1, 0.15) is 35.4 Å². The van der Waals surface area contributed by atoms with Gasteiger partial charge in [0, 0.05) is 50.8 Å². The third-order valence-corrected chi connectivity index (χ3v) is 10.7. The highest BCUT2D eigenvalue weighted by molar-refractivity contribution is 7.22. The summed E-state index contributed by atoms with van der Waals surface area (Å²) in [5.41, 5.74) is 0.503. The molecule has 1 aliphatic heterocycles. The molecule has 0 unspecified atom stereocenters. The zero-order chi connectivity index (χ0) is 40.8. The average molecular weight is 826 g/mol. The molecule has 2 aliphatic rings. The minimum Gasteiger partial charge on any atom is -0.381 e. The summed E-state index contributed by atoms with van der Waals surface area (Å²) >= 11 is 1.26. The number of pyridine rings is 1. The molecular formula is C37H32F9N7O3S. The number of primary amides is 1. The lowest BCUT2D eigenvalue weighted by molar-refractivity contribution is -0.123. The van der Waals surface area contributed by atoms with Crippen LogP contribution >= 0.6 is 11.3 Å². The first-order chi connectivity index (χ1) is 27.0. The largest absolute Gasteiger partial charge is 0.381 e. The molecule has 302 valence electrons. The Morgan fingerprint density at radius 3 is 2.26 bits per heavy atom. The number of carbonyl (C=O) groups is 2. The Labute approximate surface area is 321 Å². The molecule has 1 atom stereocenters. The van der Waals surface area contributed by atoms with Crippen LogP contribution in [0, 0.1) is 17.5 Å². The van der Waals surface area contributed by atoms with Gasteiger partial charge in [0.2, 0.25) is 5.91 Å². The Kier molecular flexibility index (Phi) is 10.9. The molecule has 10 nitrogen and oxygen atoms in total. The maximum Gasteiger partial charge on any atom is 0.290 e. The second kappa shape index (κ2) is 15.6. The molecule has 0 radical (unpaired) electrons. The van der Waals surface area contributed by atoms with Crippen LogP contribution in [-0.2, 0) is 34.3 Å². The van der Waals surface area contributed by atoms with E-state index in [-0.39, 0.29) is 32.7 Å². The molecule has 2 aromatic carbocycles. The average Bonchev–Trinajstić information content (AvgIpc) is 3.72. The predicted molar refractivity (Wildman–Crippen MR) is 189 cm³/mol. The van der Waals surface area contributed by atoms with Crippen molar-refractivity contribution in [2.45, 2.75) is 63.0 Å². The summed E-state index contributed by atoms with van der Waals surface area (Å²) < 4.78 is 138. The molecule has 1 fully saturated rings. The Hall–Kier alpha value is -5.24. The zero-order valence-electron chi connectivity index (χ0n) is 29.6. The van der Waals surface area contributed by atoms with Crippen LogP contribution in [-0.4, -0.2) is 57.9 Å². The summed E-state index contributed by atoms with van der Waals surface area (Å²) in [4.78, 5) is 37.5. The fourth-order valence-electron chi connectivity index (χ4n) is 7.09. The Bertz CT molecular complexity index is 2320. The molecule has 3 N–H and O–H groups in total. The highest BCUT2D eigenvalue weighted by Gasteiger charge is 2.55. The number of nitrogens with zero attached hydrogens (tertiary/aromatic N) is 5. The van der Waals surface area contributed by atoms with E-state index in [4.69, 9.17) is 20.4 Å². The lowest BCUT2D eigenvalue weighted by atomic mass is 9.89. The first-order valence-electron chi connectivity index (χ1n) is 17.6. The van der Waals surface area contributed by atoms with Gasteiger partial charge in [-0.25, -0.2) is 35.7 Å². The van der Waals surface area contributed by atoms with Crippen LogP contribution in [0.4, 0.5) is 44.6 Å². The smallest absolute Gasteiger partial charge is 0.290 e. The van der Waals surface area contributed by atoms with Crippen molar-refractivity contribution in [3.05, 3.63) is 93.7 Å². The summed E-state index contributed by atoms with van der Waals surface area (Å²) in [7, 11) is 0. The molecule has 2 amide bonds. The number of anilines is 1. The predicted octanol–water partition coefficient (Wildman–Crippen LogP) is 7.70. The molecule has 1 saturated heterocycles. The maximum absolute atomic E-state index is 15.2. The van der Waals surface area contributed by atoms with E-state index < -0.39 is 102 Å². The fourth-order valence-corrected chi connectivity index (χ4v) is 8.09. The number of amides is 2. The molecule has 4 heterocycles. The number of carbonyl (C=O) groups excluding carboxylic acids is 2. The van der Waals surface area contributed by atoms with Crippen LogP contribution in [0.25, 0.3) is 21.5 Å². The summed E-state index contributed by atoms with van der Waals surface area (Å²) in [5.74, 6) is -13.4. The zero-order valence-corrected chi connectivity index (χ0v) is 30.4. The summed E-state index contributed by atoms with van der Waals surface area (Å²) in [6.07, 6.45) is -5.56. The molecule has 0 saturated carbocycles. The van der Waals surface area contributed by atoms with Gasteiger partial charge in [-0.05, 0) is 60.7 Å². The number of rotatable bonds is 10. The van der Waals surface area contributed by atoms with Gasteiger partial charge >= 0.3 is 0 Å². The van der Waals surface area contributed by atoms with Crippen molar-refractivity contribution in [1.82, 2.24) is 25.1 Å². The monoisotopic (exact) mass is 825 g/mol. The summed E-state index contributed by atoms with van der Waals surface area (Å²) in [6, 6.07) is 6.06. The van der Waals surface area contributed by atoms with Crippen molar-refractivity contribution in [3.8, 4) is 11.1 Å². The van der Waals surface area contributed by atoms with Crippen LogP contribution in [0.15, 0.2) is 42.5 Å². The third kappa shape index (κ3) is 8.28. The Morgan fingerprint density at radius 2 is 1.60 bits per heavy atom. The van der Waals surface area contributed by atoms with Gasteiger partial charge in [0.25, 0.3) is 24.2 Å². The first kappa shape index (κ1) is 40.0. The van der Waals surface area contributed by atoms with Crippen LogP contribution in [0.5, 0.6) is 0 Å². The standard InChI is InChI=1S/C37H32F9N7O3S/c38-20-11-18(12-21(39)15-20)13-25(48-27(54)17-53-31-28(30(51-53)32(41)42)36(43,44)5-6-37(31,45)46)29-22(19-3-4-24(40)23(14-19)33(47)55)16-26-34(49-29)50-35(57-26)52-7-1-9-56-10-2-8-52/h3-4,11-12,14-16,25,32H,1-2,5-10,13,17H2,(H2,47,55)(H,48,54)/t25-/m0/s1. The number of hydrogen-bond acceptors (Lipinski definition) is 8. The van der Waals surface area contributed by atoms with Crippen LogP contribution in [0.1, 0.15) is 76.7 Å². The van der Waals surface area contributed by atoms with Gasteiger partial charge in [0.05, 0.1) is 27.6 Å². The van der Waals surface area contributed by atoms with Crippen molar-refractivity contribution in [2.24, 2.45) is 5.73 Å². The van der Waals surface area contributed by atoms with Gasteiger partial charge < -0.3 is 20.7 Å². The maximum atomic E-state index is 15.2. The molecule has 7 rings (SSSR count). The van der Waals surface area contributed by atoms with Crippen molar-refractivity contribution < 1.29 is 53.8 Å². The summed E-state index contributed by atoms with van der Waals surface area (Å²) in [6.45, 7) is 1.01. The van der Waals surface area contributed by atoms with Gasteiger partial charge in [-0.1, -0.05) is 17.4 Å². The van der Waals surface area contributed by atoms with Gasteiger partial charge in [0.15, 0.2) is 10.8 Å². The van der Waals surface area contributed by atoms with E-state index in [1.165, 1.54) is 17.4 Å². The molecule has 1 aliphatic carbocycles. The topological polar surface area (TPSA) is 128 Å². The Morgan fingerprint density at radius 1 is 0.912 bits per heavy atom. The normalized spacial score (nSPS) is 17.3. The van der Waals surface area contributed by atoms with E-state index in [0.29, 0.717) is 55.0 Å². The highest BCUT2D eigenvalue weighted by Crippen LogP contribution is 2.52. The molecule has 0 bridgehead atoms. The highest BCUT2D eigenvalue weighted by atomic mass is 32.1. The van der Waals surface area contributed by atoms with Crippen molar-refractivity contribution >= 4 is 38.6 Å². The quantitative estimate of drug-likeness (QED) is 0.138. The fraction of sp³-hybridized carbons (Fsp3) is 0.378. The summed E-state index contributed by atoms with van der Waals surface area (Å²) in [5, 5.41) is 6.44. The molecule has 3 aromatic heterocycles. The van der Waals surface area contributed by atoms with Crippen molar-refractivity contribution in [3.63, 3.8) is 0 Å². The SMILES string of the molecule is NC(=O)c1cc(-c2cc3sc(N4CCCOCCC4)nc3nc2[C@H](Cc2cc(F)cc(F)c2)NC(=O)Cn2nc(C(F)F)c3c2C(F)(F)CCC3(F)F)ccc1F. The van der Waals surface area contributed by atoms with Gasteiger partial charge in [-0.15, -0.1) is 0 Å². The minimum atomic E-state index is -4.10. The number of fused-ring (bicyclic) bond motifs is 2. The molecule has 0 spiro atoms. The molecular weight excluding hydrogens is 794 g/mol. The number of aromatic nitrogens is 4. The van der Waals surface area contributed by atoms with Gasteiger partial charge in [-0.2, -0.15) is 18.9 Å². The number of alkyl halides is 6. The first-order valence-corrected chi connectivity index (χ1v) is 18.5. The molecule has 57 heavy (non-hydrogen) atoms. The lowest BCUT2D eigenvalue weighted by Crippen LogP contribution is -2.37. The van der Waals surface area contributed by atoms with E-state index in [2.05, 4.69) is 10.4 Å². The van der Waals surface area contributed by atoms with E-state index in [1.54, 1.807) is 6.07 Å². The van der Waals surface area contributed by atoms with Crippen LogP contribution in [0.3, 0.4) is 0 Å². The van der Waals surface area contributed by atoms with E-state index >= 15 is 8.78 Å². The van der Waals surface area contributed by atoms with Gasteiger partial charge in [-0.3, -0.25) is 14.3 Å². The molecule has 5 aromatic rings. The number of ether oxygens (including phenoxy) is 1. The van der Waals surface area contributed by atoms with E-state index in [9.17, 15) is 40.3 Å². The third-order valence-electron chi connectivity index (χ3n) is 9.62. The number of nitrogens with two attached hydrogens (primary N) is 1. The second-order valence-corrected chi connectivity index (χ2v) is 14.7. The van der Waals surface area contributed by atoms with Crippen molar-refractivity contribution in [1.29, 1.82) is 0 Å². The number of halogens is 9. The van der Waals surface area contributed by atoms with Crippen molar-refractivity contribution in [2.75, 3.05) is 31.2 Å².